The Kier molecular flexibility index (Phi) is 9.98. The molecule has 0 saturated heterocycles. The lowest BCUT2D eigenvalue weighted by atomic mass is 9.87. The van der Waals surface area contributed by atoms with Gasteiger partial charge in [-0.05, 0) is 31.1 Å². The molecular formula is C21H36O4. The minimum absolute atomic E-state index is 0.175. The first-order chi connectivity index (χ1) is 12.2. The summed E-state index contributed by atoms with van der Waals surface area (Å²) in [4.78, 5) is 23.4. The Bertz CT molecular complexity index is 345. The molecule has 2 fully saturated rings. The Hall–Kier alpha value is -1.06. The van der Waals surface area contributed by atoms with Gasteiger partial charge in [0, 0.05) is 12.8 Å². The van der Waals surface area contributed by atoms with Crippen LogP contribution in [0.2, 0.25) is 0 Å². The monoisotopic (exact) mass is 352 g/mol. The average molecular weight is 353 g/mol. The van der Waals surface area contributed by atoms with Crippen LogP contribution in [0.15, 0.2) is 0 Å². The SMILES string of the molecule is O=C(CCCC(=O)OCCC1CCCCC1)OCCC1CCCCC1. The zero-order chi connectivity index (χ0) is 17.7. The van der Waals surface area contributed by atoms with Gasteiger partial charge in [-0.2, -0.15) is 0 Å². The number of rotatable bonds is 10. The lowest BCUT2D eigenvalue weighted by molar-refractivity contribution is -0.145. The zero-order valence-electron chi connectivity index (χ0n) is 15.8. The van der Waals surface area contributed by atoms with E-state index in [0.29, 0.717) is 32.5 Å². The van der Waals surface area contributed by atoms with Gasteiger partial charge in [0.15, 0.2) is 0 Å². The van der Waals surface area contributed by atoms with Crippen LogP contribution in [-0.2, 0) is 19.1 Å². The van der Waals surface area contributed by atoms with Gasteiger partial charge in [-0.15, -0.1) is 0 Å². The smallest absolute Gasteiger partial charge is 0.305 e. The molecule has 0 unspecified atom stereocenters. The molecule has 2 aliphatic rings. The zero-order valence-corrected chi connectivity index (χ0v) is 15.8. The van der Waals surface area contributed by atoms with Crippen LogP contribution in [0.5, 0.6) is 0 Å². The fourth-order valence-corrected chi connectivity index (χ4v) is 4.15. The largest absolute Gasteiger partial charge is 0.466 e. The van der Waals surface area contributed by atoms with Gasteiger partial charge < -0.3 is 9.47 Å². The van der Waals surface area contributed by atoms with Crippen LogP contribution in [0.3, 0.4) is 0 Å². The van der Waals surface area contributed by atoms with Gasteiger partial charge in [-0.1, -0.05) is 64.2 Å². The molecule has 0 spiro atoms. The summed E-state index contributed by atoms with van der Waals surface area (Å²) in [7, 11) is 0. The summed E-state index contributed by atoms with van der Waals surface area (Å²) in [6.07, 6.45) is 16.3. The van der Waals surface area contributed by atoms with Crippen LogP contribution < -0.4 is 0 Å². The third kappa shape index (κ3) is 9.27. The molecule has 0 radical (unpaired) electrons. The highest BCUT2D eigenvalue weighted by Crippen LogP contribution is 2.27. The maximum atomic E-state index is 11.7. The molecule has 4 nitrogen and oxygen atoms in total. The highest BCUT2D eigenvalue weighted by molar-refractivity contribution is 5.72. The third-order valence-corrected chi connectivity index (χ3v) is 5.79. The van der Waals surface area contributed by atoms with Gasteiger partial charge in [0.1, 0.15) is 0 Å². The first-order valence-corrected chi connectivity index (χ1v) is 10.6. The first kappa shape index (κ1) is 20.3. The van der Waals surface area contributed by atoms with Crippen molar-refractivity contribution in [1.82, 2.24) is 0 Å². The summed E-state index contributed by atoms with van der Waals surface area (Å²) in [5.41, 5.74) is 0. The van der Waals surface area contributed by atoms with Crippen LogP contribution in [0.25, 0.3) is 0 Å². The van der Waals surface area contributed by atoms with Crippen LogP contribution >= 0.6 is 0 Å². The molecular weight excluding hydrogens is 316 g/mol. The van der Waals surface area contributed by atoms with Crippen LogP contribution in [0, 0.1) is 11.8 Å². The Morgan fingerprint density at radius 1 is 0.640 bits per heavy atom. The van der Waals surface area contributed by atoms with Crippen molar-refractivity contribution in [1.29, 1.82) is 0 Å². The summed E-state index contributed by atoms with van der Waals surface area (Å²) in [6.45, 7) is 1.07. The van der Waals surface area contributed by atoms with Crippen molar-refractivity contribution in [2.45, 2.75) is 96.3 Å². The minimum atomic E-state index is -0.175. The number of carbonyl (C=O) groups excluding carboxylic acids is 2. The second-order valence-corrected chi connectivity index (χ2v) is 7.88. The number of hydrogen-bond acceptors (Lipinski definition) is 4. The summed E-state index contributed by atoms with van der Waals surface area (Å²) < 4.78 is 10.6. The van der Waals surface area contributed by atoms with Crippen molar-refractivity contribution in [2.24, 2.45) is 11.8 Å². The first-order valence-electron chi connectivity index (χ1n) is 10.6. The maximum absolute atomic E-state index is 11.7. The van der Waals surface area contributed by atoms with E-state index in [2.05, 4.69) is 0 Å². The van der Waals surface area contributed by atoms with Crippen molar-refractivity contribution < 1.29 is 19.1 Å². The van der Waals surface area contributed by atoms with Crippen LogP contribution in [0.4, 0.5) is 0 Å². The van der Waals surface area contributed by atoms with E-state index in [-0.39, 0.29) is 11.9 Å². The molecule has 0 bridgehead atoms. The predicted molar refractivity (Wildman–Crippen MR) is 98.2 cm³/mol. The van der Waals surface area contributed by atoms with Crippen molar-refractivity contribution in [3.8, 4) is 0 Å². The lowest BCUT2D eigenvalue weighted by Gasteiger charge is -2.21. The molecule has 25 heavy (non-hydrogen) atoms. The van der Waals surface area contributed by atoms with Crippen molar-refractivity contribution in [3.05, 3.63) is 0 Å². The van der Waals surface area contributed by atoms with E-state index in [9.17, 15) is 9.59 Å². The average Bonchev–Trinajstić information content (AvgIpc) is 2.63. The summed E-state index contributed by atoms with van der Waals surface area (Å²) in [6, 6.07) is 0. The summed E-state index contributed by atoms with van der Waals surface area (Å²) >= 11 is 0. The van der Waals surface area contributed by atoms with E-state index in [1.54, 1.807) is 0 Å². The lowest BCUT2D eigenvalue weighted by Crippen LogP contribution is -2.14. The Morgan fingerprint density at radius 2 is 1.04 bits per heavy atom. The molecule has 0 heterocycles. The molecule has 0 aromatic heterocycles. The summed E-state index contributed by atoms with van der Waals surface area (Å²) in [5.74, 6) is 1.12. The molecule has 0 aromatic rings. The van der Waals surface area contributed by atoms with Gasteiger partial charge in [0.2, 0.25) is 0 Å². The number of esters is 2. The number of hydrogen-bond donors (Lipinski definition) is 0. The van der Waals surface area contributed by atoms with Crippen molar-refractivity contribution in [3.63, 3.8) is 0 Å². The van der Waals surface area contributed by atoms with Crippen LogP contribution in [0.1, 0.15) is 96.3 Å². The van der Waals surface area contributed by atoms with Gasteiger partial charge in [-0.3, -0.25) is 9.59 Å². The Labute approximate surface area is 153 Å². The molecule has 4 heteroatoms. The van der Waals surface area contributed by atoms with Crippen molar-refractivity contribution >= 4 is 11.9 Å². The topological polar surface area (TPSA) is 52.6 Å². The predicted octanol–water partition coefficient (Wildman–Crippen LogP) is 5.18. The second-order valence-electron chi connectivity index (χ2n) is 7.88. The van der Waals surface area contributed by atoms with Gasteiger partial charge in [0.05, 0.1) is 13.2 Å². The Morgan fingerprint density at radius 3 is 1.44 bits per heavy atom. The van der Waals surface area contributed by atoms with Crippen molar-refractivity contribution in [2.75, 3.05) is 13.2 Å². The standard InChI is InChI=1S/C21H36O4/c22-20(24-16-14-18-8-3-1-4-9-18)12-7-13-21(23)25-17-15-19-10-5-2-6-11-19/h18-19H,1-17H2. The van der Waals surface area contributed by atoms with Crippen LogP contribution in [-0.4, -0.2) is 25.2 Å². The fraction of sp³-hybridized carbons (Fsp3) is 0.905. The normalized spacial score (nSPS) is 19.5. The Balaban J connectivity index is 1.41. The molecule has 2 aliphatic carbocycles. The quantitative estimate of drug-likeness (QED) is 0.508. The van der Waals surface area contributed by atoms with E-state index in [1.165, 1.54) is 64.2 Å². The molecule has 2 saturated carbocycles. The van der Waals surface area contributed by atoms with E-state index in [1.807, 2.05) is 0 Å². The molecule has 0 atom stereocenters. The molecule has 0 aliphatic heterocycles. The molecule has 144 valence electrons. The molecule has 0 amide bonds. The third-order valence-electron chi connectivity index (χ3n) is 5.79. The minimum Gasteiger partial charge on any atom is -0.466 e. The molecule has 0 N–H and O–H groups in total. The highest BCUT2D eigenvalue weighted by atomic mass is 16.5. The summed E-state index contributed by atoms with van der Waals surface area (Å²) in [5, 5.41) is 0. The second kappa shape index (κ2) is 12.3. The van der Waals surface area contributed by atoms with E-state index < -0.39 is 0 Å². The molecule has 0 aromatic carbocycles. The van der Waals surface area contributed by atoms with Gasteiger partial charge >= 0.3 is 11.9 Å². The molecule has 2 rings (SSSR count). The van der Waals surface area contributed by atoms with E-state index >= 15 is 0 Å². The highest BCUT2D eigenvalue weighted by Gasteiger charge is 2.15. The van der Waals surface area contributed by atoms with E-state index in [0.717, 1.165) is 24.7 Å². The van der Waals surface area contributed by atoms with Gasteiger partial charge in [-0.25, -0.2) is 0 Å². The number of ether oxygens (including phenoxy) is 2. The van der Waals surface area contributed by atoms with E-state index in [4.69, 9.17) is 9.47 Å². The maximum Gasteiger partial charge on any atom is 0.305 e. The fourth-order valence-electron chi connectivity index (χ4n) is 4.15. The van der Waals surface area contributed by atoms with Gasteiger partial charge in [0.25, 0.3) is 0 Å². The number of carbonyl (C=O) groups is 2.